The summed E-state index contributed by atoms with van der Waals surface area (Å²) in [5, 5.41) is 0.0139. The van der Waals surface area contributed by atoms with Gasteiger partial charge in [-0.05, 0) is 12.5 Å². The molecule has 0 atom stereocenters. The van der Waals surface area contributed by atoms with Crippen molar-refractivity contribution in [2.45, 2.75) is 13.8 Å². The molecule has 0 saturated carbocycles. The normalized spacial score (nSPS) is 12.8. The number of rotatable bonds is 1. The number of hydrogen-bond acceptors (Lipinski definition) is 3. The van der Waals surface area contributed by atoms with Crippen molar-refractivity contribution in [3.63, 3.8) is 0 Å². The van der Waals surface area contributed by atoms with Crippen molar-refractivity contribution in [2.24, 2.45) is 0 Å². The summed E-state index contributed by atoms with van der Waals surface area (Å²) in [5.41, 5.74) is 0. The third-order valence-electron chi connectivity index (χ3n) is 1.43. The molecular formula is C6H12O2S2. The predicted octanol–water partition coefficient (Wildman–Crippen LogP) is 1.79. The maximum Gasteiger partial charge on any atom is 0.183 e. The van der Waals surface area contributed by atoms with E-state index in [1.165, 1.54) is 24.6 Å². The van der Waals surface area contributed by atoms with Gasteiger partial charge in [-0.25, -0.2) is 0 Å². The van der Waals surface area contributed by atoms with Gasteiger partial charge in [-0.15, -0.1) is 10.8 Å². The number of carbonyl (C=O) groups excluding carboxylic acids is 2. The van der Waals surface area contributed by atoms with Gasteiger partial charge >= 0.3 is 0 Å². The van der Waals surface area contributed by atoms with Crippen LogP contribution in [0.3, 0.4) is 0 Å². The predicted molar refractivity (Wildman–Crippen MR) is 48.4 cm³/mol. The van der Waals surface area contributed by atoms with Gasteiger partial charge in [0.05, 0.1) is 0 Å². The van der Waals surface area contributed by atoms with E-state index in [2.05, 4.69) is 0 Å². The Morgan fingerprint density at radius 3 is 1.50 bits per heavy atom. The largest absolute Gasteiger partial charge is 0.288 e. The summed E-state index contributed by atoms with van der Waals surface area (Å²) < 4.78 is 0. The van der Waals surface area contributed by atoms with Crippen LogP contribution in [0.4, 0.5) is 0 Å². The Hall–Kier alpha value is 0.0400. The Kier molecular flexibility index (Phi) is 3.45. The van der Waals surface area contributed by atoms with Crippen molar-refractivity contribution >= 4 is 30.1 Å². The van der Waals surface area contributed by atoms with Gasteiger partial charge in [-0.3, -0.25) is 9.59 Å². The van der Waals surface area contributed by atoms with E-state index in [0.717, 1.165) is 0 Å². The van der Waals surface area contributed by atoms with Crippen LogP contribution < -0.4 is 0 Å². The molecule has 4 heteroatoms. The van der Waals surface area contributed by atoms with Crippen LogP contribution in [-0.4, -0.2) is 22.7 Å². The van der Waals surface area contributed by atoms with Crippen LogP contribution >= 0.6 is 19.9 Å². The van der Waals surface area contributed by atoms with E-state index in [1.54, 1.807) is 12.5 Å². The molecule has 2 nitrogen and oxygen atoms in total. The zero-order valence-electron chi connectivity index (χ0n) is 6.63. The summed E-state index contributed by atoms with van der Waals surface area (Å²) in [6.07, 6.45) is 3.54. The Balaban J connectivity index is 4.55. The molecule has 0 amide bonds. The molecule has 0 saturated heterocycles. The monoisotopic (exact) mass is 180 g/mol. The highest BCUT2D eigenvalue weighted by Crippen LogP contribution is 2.56. The van der Waals surface area contributed by atoms with Crippen LogP contribution in [0.5, 0.6) is 0 Å². The number of carbonyl (C=O) groups is 2. The molecule has 0 spiro atoms. The first kappa shape index (κ1) is 10.0. The first-order chi connectivity index (χ1) is 4.45. The minimum absolute atomic E-state index is 0.00694. The molecule has 0 aromatic heterocycles. The van der Waals surface area contributed by atoms with E-state index < -0.39 is 9.06 Å². The van der Waals surface area contributed by atoms with Gasteiger partial charge in [-0.1, -0.05) is 9.06 Å². The quantitative estimate of drug-likeness (QED) is 0.577. The standard InChI is InChI=1S/C6H12O2S2/c1-5(7)10(4,9-3)6(2)8/h1-4H3. The fourth-order valence-electron chi connectivity index (χ4n) is 0.437. The molecule has 0 aromatic carbocycles. The maximum atomic E-state index is 10.9. The number of hydrogen-bond donors (Lipinski definition) is 0. The minimum atomic E-state index is -1.67. The van der Waals surface area contributed by atoms with Crippen molar-refractivity contribution in [3.8, 4) is 0 Å². The fraction of sp³-hybridized carbons (Fsp3) is 0.667. The van der Waals surface area contributed by atoms with E-state index in [1.807, 2.05) is 0 Å². The van der Waals surface area contributed by atoms with Gasteiger partial charge in [0.15, 0.2) is 10.2 Å². The minimum Gasteiger partial charge on any atom is -0.288 e. The molecule has 10 heavy (non-hydrogen) atoms. The van der Waals surface area contributed by atoms with Crippen molar-refractivity contribution < 1.29 is 9.59 Å². The summed E-state index contributed by atoms with van der Waals surface area (Å²) in [6.45, 7) is 2.96. The van der Waals surface area contributed by atoms with Gasteiger partial charge in [0, 0.05) is 13.8 Å². The molecule has 0 bridgehead atoms. The molecule has 0 heterocycles. The summed E-state index contributed by atoms with van der Waals surface area (Å²) in [5.74, 6) is 0. The molecule has 0 unspecified atom stereocenters. The smallest absolute Gasteiger partial charge is 0.183 e. The second-order valence-corrected chi connectivity index (χ2v) is 8.16. The van der Waals surface area contributed by atoms with E-state index in [-0.39, 0.29) is 10.2 Å². The van der Waals surface area contributed by atoms with Crippen molar-refractivity contribution in [2.75, 3.05) is 12.5 Å². The van der Waals surface area contributed by atoms with Crippen LogP contribution in [0, 0.1) is 0 Å². The second-order valence-electron chi connectivity index (χ2n) is 1.99. The summed E-state index contributed by atoms with van der Waals surface area (Å²) in [4.78, 5) is 21.9. The van der Waals surface area contributed by atoms with Crippen LogP contribution in [0.15, 0.2) is 0 Å². The van der Waals surface area contributed by atoms with E-state index in [0.29, 0.717) is 0 Å². The molecule has 60 valence electrons. The van der Waals surface area contributed by atoms with Crippen LogP contribution in [0.2, 0.25) is 0 Å². The Morgan fingerprint density at radius 1 is 1.20 bits per heavy atom. The highest BCUT2D eigenvalue weighted by Gasteiger charge is 2.27. The fourth-order valence-corrected chi connectivity index (χ4v) is 2.72. The first-order valence-electron chi connectivity index (χ1n) is 2.80. The zero-order valence-corrected chi connectivity index (χ0v) is 8.27. The lowest BCUT2D eigenvalue weighted by Gasteiger charge is -2.25. The lowest BCUT2D eigenvalue weighted by atomic mass is 10.9. The average molecular weight is 180 g/mol. The molecule has 0 aliphatic carbocycles. The highest BCUT2D eigenvalue weighted by molar-refractivity contribution is 9.05. The van der Waals surface area contributed by atoms with E-state index in [9.17, 15) is 9.59 Å². The van der Waals surface area contributed by atoms with Crippen molar-refractivity contribution in [1.29, 1.82) is 0 Å². The second kappa shape index (κ2) is 3.44. The van der Waals surface area contributed by atoms with Gasteiger partial charge in [-0.2, -0.15) is 0 Å². The highest BCUT2D eigenvalue weighted by atomic mass is 33.2. The lowest BCUT2D eigenvalue weighted by Crippen LogP contribution is -2.10. The maximum absolute atomic E-state index is 10.9. The van der Waals surface area contributed by atoms with Crippen molar-refractivity contribution in [3.05, 3.63) is 0 Å². The van der Waals surface area contributed by atoms with Gasteiger partial charge in [0.1, 0.15) is 0 Å². The molecule has 0 rings (SSSR count). The van der Waals surface area contributed by atoms with E-state index >= 15 is 0 Å². The van der Waals surface area contributed by atoms with Crippen LogP contribution in [0.1, 0.15) is 13.8 Å². The zero-order chi connectivity index (χ0) is 8.36. The third-order valence-corrected chi connectivity index (χ3v) is 7.70. The van der Waals surface area contributed by atoms with Crippen LogP contribution in [-0.2, 0) is 9.59 Å². The summed E-state index contributed by atoms with van der Waals surface area (Å²) in [6, 6.07) is 0. The molecule has 0 aliphatic rings. The summed E-state index contributed by atoms with van der Waals surface area (Å²) >= 11 is 0. The first-order valence-corrected chi connectivity index (χ1v) is 6.58. The molecular weight excluding hydrogens is 168 g/mol. The average Bonchev–Trinajstić information content (AvgIpc) is 1.85. The molecule has 0 radical (unpaired) electrons. The molecule has 0 N–H and O–H groups in total. The van der Waals surface area contributed by atoms with Crippen molar-refractivity contribution in [1.82, 2.24) is 0 Å². The van der Waals surface area contributed by atoms with E-state index in [4.69, 9.17) is 0 Å². The molecule has 0 fully saturated rings. The topological polar surface area (TPSA) is 34.1 Å². The lowest BCUT2D eigenvalue weighted by molar-refractivity contribution is -0.111. The Bertz CT molecular complexity index is 151. The third kappa shape index (κ3) is 1.76. The van der Waals surface area contributed by atoms with Gasteiger partial charge in [0.25, 0.3) is 0 Å². The molecule has 0 aliphatic heterocycles. The molecule has 0 aromatic rings. The van der Waals surface area contributed by atoms with Gasteiger partial charge < -0.3 is 0 Å². The SMILES string of the molecule is CSS(C)(C(C)=O)C(C)=O. The van der Waals surface area contributed by atoms with Crippen LogP contribution in [0.25, 0.3) is 0 Å². The Morgan fingerprint density at radius 2 is 1.50 bits per heavy atom. The van der Waals surface area contributed by atoms with Gasteiger partial charge in [0.2, 0.25) is 0 Å². The summed E-state index contributed by atoms with van der Waals surface area (Å²) in [7, 11) is -0.299. The Labute approximate surface area is 66.5 Å².